The van der Waals surface area contributed by atoms with Crippen molar-refractivity contribution in [2.24, 2.45) is 11.8 Å². The van der Waals surface area contributed by atoms with Crippen LogP contribution in [-0.2, 0) is 9.53 Å². The molecule has 0 aromatic carbocycles. The van der Waals surface area contributed by atoms with Crippen molar-refractivity contribution in [2.45, 2.75) is 31.9 Å². The molecule has 0 spiro atoms. The molecule has 2 nitrogen and oxygen atoms in total. The second kappa shape index (κ2) is 5.24. The van der Waals surface area contributed by atoms with E-state index in [1.165, 1.54) is 0 Å². The van der Waals surface area contributed by atoms with E-state index in [0.29, 0.717) is 12.8 Å². The van der Waals surface area contributed by atoms with Crippen LogP contribution in [0, 0.1) is 23.7 Å². The minimum atomic E-state index is -4.23. The Bertz CT molecular complexity index is 311. The molecule has 0 aliphatic heterocycles. The maximum absolute atomic E-state index is 12.6. The Hall–Kier alpha value is -1.18. The fourth-order valence-electron chi connectivity index (χ4n) is 1.90. The molecule has 1 fully saturated rings. The van der Waals surface area contributed by atoms with Crippen molar-refractivity contribution in [3.8, 4) is 11.8 Å². The molecule has 5 heteroatoms. The largest absolute Gasteiger partial charge is 0.459 e. The summed E-state index contributed by atoms with van der Waals surface area (Å²) in [5, 5.41) is 0. The third-order valence-corrected chi connectivity index (χ3v) is 2.73. The molecule has 1 aliphatic carbocycles. The lowest BCUT2D eigenvalue weighted by Crippen LogP contribution is -2.32. The van der Waals surface area contributed by atoms with Gasteiger partial charge in [-0.15, -0.1) is 0 Å². The molecule has 0 aromatic rings. The van der Waals surface area contributed by atoms with Crippen LogP contribution in [0.1, 0.15) is 25.7 Å². The molecule has 16 heavy (non-hydrogen) atoms. The summed E-state index contributed by atoms with van der Waals surface area (Å²) < 4.78 is 42.1. The summed E-state index contributed by atoms with van der Waals surface area (Å²) >= 11 is 0. The van der Waals surface area contributed by atoms with Crippen LogP contribution < -0.4 is 0 Å². The third kappa shape index (κ3) is 3.44. The molecule has 1 rings (SSSR count). The van der Waals surface area contributed by atoms with E-state index in [9.17, 15) is 18.0 Å². The molecule has 1 aliphatic rings. The summed E-state index contributed by atoms with van der Waals surface area (Å²) in [6.45, 7) is 0. The molecular formula is C11H13F3O2. The average molecular weight is 234 g/mol. The van der Waals surface area contributed by atoms with Gasteiger partial charge in [-0.05, 0) is 12.8 Å². The smallest absolute Gasteiger partial charge is 0.392 e. The second-order valence-electron chi connectivity index (χ2n) is 3.80. The van der Waals surface area contributed by atoms with E-state index in [4.69, 9.17) is 0 Å². The highest BCUT2D eigenvalue weighted by atomic mass is 19.4. The standard InChI is InChI=1S/C11H13F3O2/c1-16-10(15)7-6-8-4-2-3-5-9(8)11(12,13)14/h8-9H,2-5H2,1H3. The number of esters is 1. The number of ether oxygens (including phenoxy) is 1. The maximum atomic E-state index is 12.6. The highest BCUT2D eigenvalue weighted by Crippen LogP contribution is 2.40. The summed E-state index contributed by atoms with van der Waals surface area (Å²) in [6, 6.07) is 0. The Labute approximate surface area is 92.2 Å². The summed E-state index contributed by atoms with van der Waals surface area (Å²) in [7, 11) is 1.15. The van der Waals surface area contributed by atoms with Crippen LogP contribution >= 0.6 is 0 Å². The first-order valence-corrected chi connectivity index (χ1v) is 5.11. The van der Waals surface area contributed by atoms with Gasteiger partial charge in [-0.1, -0.05) is 18.8 Å². The fraction of sp³-hybridized carbons (Fsp3) is 0.727. The van der Waals surface area contributed by atoms with Crippen LogP contribution in [-0.4, -0.2) is 19.3 Å². The number of carbonyl (C=O) groups excluding carboxylic acids is 1. The Morgan fingerprint density at radius 1 is 1.31 bits per heavy atom. The van der Waals surface area contributed by atoms with Gasteiger partial charge >= 0.3 is 12.1 Å². The lowest BCUT2D eigenvalue weighted by molar-refractivity contribution is -0.190. The molecule has 0 aromatic heterocycles. The van der Waals surface area contributed by atoms with E-state index >= 15 is 0 Å². The lowest BCUT2D eigenvalue weighted by Gasteiger charge is -2.29. The number of hydrogen-bond acceptors (Lipinski definition) is 2. The number of rotatable bonds is 0. The molecule has 0 saturated heterocycles. The Balaban J connectivity index is 2.74. The zero-order valence-corrected chi connectivity index (χ0v) is 8.93. The van der Waals surface area contributed by atoms with Gasteiger partial charge in [-0.2, -0.15) is 13.2 Å². The van der Waals surface area contributed by atoms with E-state index < -0.39 is 24.0 Å². The van der Waals surface area contributed by atoms with Crippen molar-refractivity contribution in [3.05, 3.63) is 0 Å². The minimum absolute atomic E-state index is 0.101. The van der Waals surface area contributed by atoms with Crippen molar-refractivity contribution in [2.75, 3.05) is 7.11 Å². The number of halogens is 3. The van der Waals surface area contributed by atoms with E-state index in [-0.39, 0.29) is 6.42 Å². The van der Waals surface area contributed by atoms with Crippen LogP contribution in [0.4, 0.5) is 13.2 Å². The molecular weight excluding hydrogens is 221 g/mol. The zero-order valence-electron chi connectivity index (χ0n) is 8.93. The highest BCUT2D eigenvalue weighted by molar-refractivity contribution is 5.88. The van der Waals surface area contributed by atoms with Gasteiger partial charge < -0.3 is 4.74 Å². The first-order valence-electron chi connectivity index (χ1n) is 5.11. The first kappa shape index (κ1) is 12.9. The normalized spacial score (nSPS) is 25.5. The lowest BCUT2D eigenvalue weighted by atomic mass is 9.79. The van der Waals surface area contributed by atoms with Crippen molar-refractivity contribution in [3.63, 3.8) is 0 Å². The van der Waals surface area contributed by atoms with E-state index in [1.54, 1.807) is 0 Å². The van der Waals surface area contributed by atoms with Gasteiger partial charge in [0.1, 0.15) is 0 Å². The molecule has 1 saturated carbocycles. The van der Waals surface area contributed by atoms with Crippen molar-refractivity contribution in [1.82, 2.24) is 0 Å². The third-order valence-electron chi connectivity index (χ3n) is 2.73. The minimum Gasteiger partial charge on any atom is -0.459 e. The monoisotopic (exact) mass is 234 g/mol. The highest BCUT2D eigenvalue weighted by Gasteiger charge is 2.44. The summed E-state index contributed by atoms with van der Waals surface area (Å²) in [4.78, 5) is 10.7. The molecule has 0 N–H and O–H groups in total. The van der Waals surface area contributed by atoms with E-state index in [1.807, 2.05) is 0 Å². The fourth-order valence-corrected chi connectivity index (χ4v) is 1.90. The molecule has 0 bridgehead atoms. The van der Waals surface area contributed by atoms with Crippen molar-refractivity contribution >= 4 is 5.97 Å². The predicted octanol–water partition coefficient (Wildman–Crippen LogP) is 2.53. The van der Waals surface area contributed by atoms with Crippen LogP contribution in [0.5, 0.6) is 0 Å². The van der Waals surface area contributed by atoms with E-state index in [2.05, 4.69) is 16.6 Å². The van der Waals surface area contributed by atoms with Gasteiger partial charge in [0.05, 0.1) is 13.0 Å². The summed E-state index contributed by atoms with van der Waals surface area (Å²) in [6.07, 6.45) is -2.43. The molecule has 0 radical (unpaired) electrons. The first-order chi connectivity index (χ1) is 7.45. The Kier molecular flexibility index (Phi) is 4.22. The number of carbonyl (C=O) groups is 1. The van der Waals surface area contributed by atoms with E-state index in [0.717, 1.165) is 13.5 Å². The molecule has 2 unspecified atom stereocenters. The summed E-state index contributed by atoms with van der Waals surface area (Å²) in [5.41, 5.74) is 0. The van der Waals surface area contributed by atoms with Gasteiger partial charge in [0.25, 0.3) is 0 Å². The number of alkyl halides is 3. The summed E-state index contributed by atoms with van der Waals surface area (Å²) in [5.74, 6) is 1.52. The Morgan fingerprint density at radius 3 is 2.50 bits per heavy atom. The van der Waals surface area contributed by atoms with Crippen molar-refractivity contribution < 1.29 is 22.7 Å². The van der Waals surface area contributed by atoms with Crippen LogP contribution in [0.25, 0.3) is 0 Å². The van der Waals surface area contributed by atoms with Gasteiger partial charge in [0, 0.05) is 11.8 Å². The average Bonchev–Trinajstić information content (AvgIpc) is 2.25. The molecule has 90 valence electrons. The van der Waals surface area contributed by atoms with Crippen LogP contribution in [0.3, 0.4) is 0 Å². The number of hydrogen-bond donors (Lipinski definition) is 0. The van der Waals surface area contributed by atoms with Gasteiger partial charge in [-0.25, -0.2) is 4.79 Å². The van der Waals surface area contributed by atoms with Gasteiger partial charge in [0.15, 0.2) is 0 Å². The van der Waals surface area contributed by atoms with Gasteiger partial charge in [0.2, 0.25) is 0 Å². The molecule has 0 heterocycles. The maximum Gasteiger partial charge on any atom is 0.392 e. The topological polar surface area (TPSA) is 26.3 Å². The van der Waals surface area contributed by atoms with Crippen LogP contribution in [0.2, 0.25) is 0 Å². The predicted molar refractivity (Wildman–Crippen MR) is 51.3 cm³/mol. The SMILES string of the molecule is COC(=O)C#CC1CCCCC1C(F)(F)F. The zero-order chi connectivity index (χ0) is 12.2. The quantitative estimate of drug-likeness (QED) is 0.366. The second-order valence-corrected chi connectivity index (χ2v) is 3.80. The van der Waals surface area contributed by atoms with Crippen molar-refractivity contribution in [1.29, 1.82) is 0 Å². The molecule has 0 amide bonds. The van der Waals surface area contributed by atoms with Crippen LogP contribution in [0.15, 0.2) is 0 Å². The Morgan fingerprint density at radius 2 is 1.94 bits per heavy atom. The van der Waals surface area contributed by atoms with Gasteiger partial charge in [-0.3, -0.25) is 0 Å². The molecule has 2 atom stereocenters. The number of methoxy groups -OCH3 is 1.